The monoisotopic (exact) mass is 427 g/mol. The van der Waals surface area contributed by atoms with E-state index in [1.54, 1.807) is 18.2 Å². The summed E-state index contributed by atoms with van der Waals surface area (Å²) in [5, 5.41) is 5.93. The molecule has 0 saturated heterocycles. The van der Waals surface area contributed by atoms with Crippen LogP contribution in [-0.2, 0) is 0 Å². The standard InChI is InChI=1S/C19H14BrN3O2S/c1-10-5-2-3-6-11(10)17-16-12(18(24)22-17)7-4-8-13(16)21-19(25)14-9-15(20)26-23-14/h2-9,17H,1H3,(H,21,25)(H,22,24). The number of halogens is 1. The van der Waals surface area contributed by atoms with Crippen LogP contribution in [0.25, 0.3) is 0 Å². The molecule has 7 heteroatoms. The number of anilines is 1. The van der Waals surface area contributed by atoms with Gasteiger partial charge >= 0.3 is 0 Å². The summed E-state index contributed by atoms with van der Waals surface area (Å²) in [4.78, 5) is 25.0. The number of fused-ring (bicyclic) bond motifs is 1. The maximum Gasteiger partial charge on any atom is 0.275 e. The van der Waals surface area contributed by atoms with E-state index < -0.39 is 0 Å². The number of hydrogen-bond acceptors (Lipinski definition) is 4. The highest BCUT2D eigenvalue weighted by atomic mass is 79.9. The molecule has 1 aliphatic heterocycles. The molecule has 4 rings (SSSR count). The fourth-order valence-corrected chi connectivity index (χ4v) is 4.07. The van der Waals surface area contributed by atoms with Crippen molar-refractivity contribution in [1.29, 1.82) is 0 Å². The molecule has 0 fully saturated rings. The van der Waals surface area contributed by atoms with E-state index in [9.17, 15) is 9.59 Å². The maximum atomic E-state index is 12.5. The fourth-order valence-electron chi connectivity index (χ4n) is 3.15. The summed E-state index contributed by atoms with van der Waals surface area (Å²) in [6.07, 6.45) is 0. The predicted octanol–water partition coefficient (Wildman–Crippen LogP) is 4.30. The molecule has 1 aromatic heterocycles. The van der Waals surface area contributed by atoms with Gasteiger partial charge in [0.25, 0.3) is 11.8 Å². The maximum absolute atomic E-state index is 12.5. The number of rotatable bonds is 3. The molecule has 3 aromatic rings. The van der Waals surface area contributed by atoms with Crippen molar-refractivity contribution in [2.24, 2.45) is 0 Å². The van der Waals surface area contributed by atoms with Crippen LogP contribution in [0.5, 0.6) is 0 Å². The lowest BCUT2D eigenvalue weighted by atomic mass is 9.93. The molecule has 0 aliphatic carbocycles. The first-order chi connectivity index (χ1) is 12.5. The number of aromatic nitrogens is 1. The first kappa shape index (κ1) is 16.9. The van der Waals surface area contributed by atoms with Crippen molar-refractivity contribution < 1.29 is 9.59 Å². The number of benzene rings is 2. The van der Waals surface area contributed by atoms with Crippen LogP contribution in [0, 0.1) is 6.92 Å². The van der Waals surface area contributed by atoms with E-state index in [-0.39, 0.29) is 17.9 Å². The molecule has 130 valence electrons. The van der Waals surface area contributed by atoms with Crippen LogP contribution in [0.1, 0.15) is 43.6 Å². The smallest absolute Gasteiger partial charge is 0.275 e. The van der Waals surface area contributed by atoms with Crippen LogP contribution in [0.15, 0.2) is 52.3 Å². The molecule has 0 bridgehead atoms. The van der Waals surface area contributed by atoms with Crippen LogP contribution in [0.2, 0.25) is 0 Å². The number of nitrogens with zero attached hydrogens (tertiary/aromatic N) is 1. The summed E-state index contributed by atoms with van der Waals surface area (Å²) in [7, 11) is 0. The van der Waals surface area contributed by atoms with Gasteiger partial charge in [0, 0.05) is 16.8 Å². The molecule has 5 nitrogen and oxygen atoms in total. The minimum Gasteiger partial charge on any atom is -0.341 e. The summed E-state index contributed by atoms with van der Waals surface area (Å²) in [5.74, 6) is -0.441. The van der Waals surface area contributed by atoms with Gasteiger partial charge in [-0.25, -0.2) is 0 Å². The van der Waals surface area contributed by atoms with Gasteiger partial charge < -0.3 is 10.6 Å². The van der Waals surface area contributed by atoms with E-state index in [0.717, 1.165) is 20.5 Å². The highest BCUT2D eigenvalue weighted by Crippen LogP contribution is 2.37. The Labute approximate surface area is 162 Å². The molecular weight excluding hydrogens is 414 g/mol. The van der Waals surface area contributed by atoms with Gasteiger partial charge in [0.05, 0.1) is 9.83 Å². The van der Waals surface area contributed by atoms with Crippen molar-refractivity contribution >= 4 is 45.0 Å². The minimum atomic E-state index is -0.303. The van der Waals surface area contributed by atoms with Crippen molar-refractivity contribution in [1.82, 2.24) is 9.69 Å². The Kier molecular flexibility index (Phi) is 4.34. The Bertz CT molecular complexity index is 1030. The summed E-state index contributed by atoms with van der Waals surface area (Å²) in [5.41, 5.74) is 4.41. The number of amides is 2. The average Bonchev–Trinajstić information content (AvgIpc) is 3.20. The van der Waals surface area contributed by atoms with Crippen LogP contribution >= 0.6 is 27.5 Å². The van der Waals surface area contributed by atoms with Gasteiger partial charge in [-0.15, -0.1) is 0 Å². The van der Waals surface area contributed by atoms with E-state index >= 15 is 0 Å². The van der Waals surface area contributed by atoms with Crippen LogP contribution in [-0.4, -0.2) is 16.2 Å². The van der Waals surface area contributed by atoms with Crippen molar-refractivity contribution in [3.8, 4) is 0 Å². The second kappa shape index (κ2) is 6.66. The van der Waals surface area contributed by atoms with Crippen molar-refractivity contribution in [2.75, 3.05) is 5.32 Å². The highest BCUT2D eigenvalue weighted by Gasteiger charge is 2.33. The van der Waals surface area contributed by atoms with Gasteiger partial charge in [-0.2, -0.15) is 4.37 Å². The van der Waals surface area contributed by atoms with Crippen LogP contribution in [0.4, 0.5) is 5.69 Å². The van der Waals surface area contributed by atoms with Crippen molar-refractivity contribution in [2.45, 2.75) is 13.0 Å². The topological polar surface area (TPSA) is 71.1 Å². The normalized spacial score (nSPS) is 15.5. The van der Waals surface area contributed by atoms with E-state index in [2.05, 4.69) is 30.9 Å². The molecule has 2 aromatic carbocycles. The van der Waals surface area contributed by atoms with E-state index in [1.807, 2.05) is 37.3 Å². The summed E-state index contributed by atoms with van der Waals surface area (Å²) >= 11 is 4.52. The molecule has 2 heterocycles. The largest absolute Gasteiger partial charge is 0.341 e. The number of carbonyl (C=O) groups excluding carboxylic acids is 2. The van der Waals surface area contributed by atoms with Gasteiger partial charge in [-0.1, -0.05) is 30.3 Å². The third-order valence-electron chi connectivity index (χ3n) is 4.38. The fraction of sp³-hybridized carbons (Fsp3) is 0.105. The van der Waals surface area contributed by atoms with Crippen molar-refractivity contribution in [3.63, 3.8) is 0 Å². The number of aryl methyl sites for hydroxylation is 1. The van der Waals surface area contributed by atoms with Gasteiger partial charge in [0.15, 0.2) is 0 Å². The summed E-state index contributed by atoms with van der Waals surface area (Å²) in [6.45, 7) is 2.01. The lowest BCUT2D eigenvalue weighted by Gasteiger charge is -2.18. The lowest BCUT2D eigenvalue weighted by Crippen LogP contribution is -2.21. The molecule has 26 heavy (non-hydrogen) atoms. The van der Waals surface area contributed by atoms with Gasteiger partial charge in [0.1, 0.15) is 5.69 Å². The predicted molar refractivity (Wildman–Crippen MR) is 105 cm³/mol. The lowest BCUT2D eigenvalue weighted by molar-refractivity contribution is 0.0959. The van der Waals surface area contributed by atoms with Gasteiger partial charge in [-0.3, -0.25) is 9.59 Å². The van der Waals surface area contributed by atoms with E-state index in [4.69, 9.17) is 0 Å². The summed E-state index contributed by atoms with van der Waals surface area (Å²) < 4.78 is 4.90. The first-order valence-electron chi connectivity index (χ1n) is 7.97. The molecule has 0 radical (unpaired) electrons. The van der Waals surface area contributed by atoms with Crippen LogP contribution < -0.4 is 10.6 Å². The second-order valence-corrected chi connectivity index (χ2v) is 8.18. The SMILES string of the molecule is Cc1ccccc1C1NC(=O)c2cccc(NC(=O)c3cc(Br)sn3)c21. The zero-order valence-electron chi connectivity index (χ0n) is 13.7. The molecule has 1 aliphatic rings. The Morgan fingerprint density at radius 3 is 2.77 bits per heavy atom. The van der Waals surface area contributed by atoms with E-state index in [1.165, 1.54) is 11.5 Å². The Morgan fingerprint density at radius 2 is 2.04 bits per heavy atom. The zero-order chi connectivity index (χ0) is 18.3. The Balaban J connectivity index is 1.76. The first-order valence-corrected chi connectivity index (χ1v) is 9.54. The molecular formula is C19H14BrN3O2S. The quantitative estimate of drug-likeness (QED) is 0.654. The zero-order valence-corrected chi connectivity index (χ0v) is 16.1. The summed E-state index contributed by atoms with van der Waals surface area (Å²) in [6, 6.07) is 14.6. The number of nitrogens with one attached hydrogen (secondary N) is 2. The van der Waals surface area contributed by atoms with Gasteiger partial charge in [0.2, 0.25) is 0 Å². The van der Waals surface area contributed by atoms with Crippen LogP contribution in [0.3, 0.4) is 0 Å². The Hall–Kier alpha value is -2.51. The molecule has 2 amide bonds. The Morgan fingerprint density at radius 1 is 1.23 bits per heavy atom. The van der Waals surface area contributed by atoms with Gasteiger partial charge in [-0.05, 0) is 63.7 Å². The third-order valence-corrected chi connectivity index (χ3v) is 5.62. The van der Waals surface area contributed by atoms with Crippen molar-refractivity contribution in [3.05, 3.63) is 80.3 Å². The third kappa shape index (κ3) is 2.93. The number of carbonyl (C=O) groups is 2. The molecule has 1 atom stereocenters. The second-order valence-electron chi connectivity index (χ2n) is 6.00. The molecule has 0 saturated carbocycles. The molecule has 2 N–H and O–H groups in total. The minimum absolute atomic E-state index is 0.138. The average molecular weight is 428 g/mol. The highest BCUT2D eigenvalue weighted by molar-refractivity contribution is 9.11. The molecule has 1 unspecified atom stereocenters. The molecule has 0 spiro atoms. The number of hydrogen-bond donors (Lipinski definition) is 2. The van der Waals surface area contributed by atoms with E-state index in [0.29, 0.717) is 16.9 Å².